The second kappa shape index (κ2) is 6.00. The lowest BCUT2D eigenvalue weighted by Gasteiger charge is -2.20. The summed E-state index contributed by atoms with van der Waals surface area (Å²) in [6, 6.07) is 4.24. The summed E-state index contributed by atoms with van der Waals surface area (Å²) in [7, 11) is 0. The van der Waals surface area contributed by atoms with Gasteiger partial charge in [0, 0.05) is 29.8 Å². The number of nitrogens with one attached hydrogen (secondary N) is 2. The fourth-order valence-corrected chi connectivity index (χ4v) is 3.01. The van der Waals surface area contributed by atoms with E-state index in [-0.39, 0.29) is 22.5 Å². The molecular formula is C15H15ClN4O3. The minimum absolute atomic E-state index is 0.0447. The molecule has 2 aromatic rings. The molecule has 7 nitrogen and oxygen atoms in total. The molecule has 8 heteroatoms. The molecule has 0 saturated heterocycles. The van der Waals surface area contributed by atoms with Crippen LogP contribution in [0.2, 0.25) is 5.02 Å². The molecule has 1 aromatic heterocycles. The summed E-state index contributed by atoms with van der Waals surface area (Å²) >= 11 is 5.77. The second-order valence-electron chi connectivity index (χ2n) is 5.60. The number of halogens is 1. The van der Waals surface area contributed by atoms with E-state index in [1.165, 1.54) is 12.1 Å². The number of hydrogen-bond donors (Lipinski definition) is 2. The van der Waals surface area contributed by atoms with Gasteiger partial charge in [-0.2, -0.15) is 0 Å². The first-order valence-electron chi connectivity index (χ1n) is 7.23. The standard InChI is InChI=1S/C15H15ClN4O3/c1-8-17-12-5-2-9(6-13(12)18-8)15(21)19-10-3-4-11(16)14(7-10)20(22)23/h3-4,7,9H,2,5-6H2,1H3,(H,17,18)(H,19,21). The number of nitro benzene ring substituents is 1. The highest BCUT2D eigenvalue weighted by molar-refractivity contribution is 6.32. The number of carbonyl (C=O) groups is 1. The Morgan fingerprint density at radius 2 is 2.30 bits per heavy atom. The lowest BCUT2D eigenvalue weighted by molar-refractivity contribution is -0.384. The van der Waals surface area contributed by atoms with Crippen LogP contribution >= 0.6 is 11.6 Å². The zero-order valence-corrected chi connectivity index (χ0v) is 13.2. The van der Waals surface area contributed by atoms with Crippen molar-refractivity contribution in [2.45, 2.75) is 26.2 Å². The van der Waals surface area contributed by atoms with Crippen LogP contribution < -0.4 is 5.32 Å². The maximum atomic E-state index is 12.4. The van der Waals surface area contributed by atoms with Crippen molar-refractivity contribution in [3.8, 4) is 0 Å². The second-order valence-corrected chi connectivity index (χ2v) is 6.01. The van der Waals surface area contributed by atoms with Crippen molar-refractivity contribution in [2.24, 2.45) is 5.92 Å². The molecule has 1 aromatic carbocycles. The number of imidazole rings is 1. The third-order valence-electron chi connectivity index (χ3n) is 3.94. The van der Waals surface area contributed by atoms with Gasteiger partial charge in [-0.25, -0.2) is 4.98 Å². The number of aromatic nitrogens is 2. The molecule has 0 spiro atoms. The molecule has 0 fully saturated rings. The van der Waals surface area contributed by atoms with Crippen LogP contribution in [0.15, 0.2) is 18.2 Å². The summed E-state index contributed by atoms with van der Waals surface area (Å²) in [4.78, 5) is 30.3. The van der Waals surface area contributed by atoms with Crippen LogP contribution in [0.3, 0.4) is 0 Å². The summed E-state index contributed by atoms with van der Waals surface area (Å²) in [5.74, 6) is 0.515. The molecule has 0 saturated carbocycles. The van der Waals surface area contributed by atoms with Crippen molar-refractivity contribution in [1.29, 1.82) is 0 Å². The predicted molar refractivity (Wildman–Crippen MR) is 85.6 cm³/mol. The van der Waals surface area contributed by atoms with E-state index in [4.69, 9.17) is 11.6 Å². The number of fused-ring (bicyclic) bond motifs is 1. The summed E-state index contributed by atoms with van der Waals surface area (Å²) in [5, 5.41) is 13.7. The first-order valence-corrected chi connectivity index (χ1v) is 7.61. The molecule has 0 radical (unpaired) electrons. The highest BCUT2D eigenvalue weighted by Gasteiger charge is 2.27. The lowest BCUT2D eigenvalue weighted by Crippen LogP contribution is -2.28. The van der Waals surface area contributed by atoms with E-state index in [1.807, 2.05) is 6.92 Å². The lowest BCUT2D eigenvalue weighted by atomic mass is 9.89. The van der Waals surface area contributed by atoms with Gasteiger partial charge in [-0.15, -0.1) is 0 Å². The number of nitrogens with zero attached hydrogens (tertiary/aromatic N) is 2. The summed E-state index contributed by atoms with van der Waals surface area (Å²) in [6.07, 6.45) is 2.05. The number of nitro groups is 1. The molecule has 23 heavy (non-hydrogen) atoms. The van der Waals surface area contributed by atoms with E-state index in [0.717, 1.165) is 23.6 Å². The van der Waals surface area contributed by atoms with E-state index in [9.17, 15) is 14.9 Å². The largest absolute Gasteiger partial charge is 0.346 e. The number of hydrogen-bond acceptors (Lipinski definition) is 4. The number of benzene rings is 1. The maximum Gasteiger partial charge on any atom is 0.289 e. The van der Waals surface area contributed by atoms with Crippen molar-refractivity contribution in [3.63, 3.8) is 0 Å². The number of amides is 1. The molecule has 1 aliphatic carbocycles. The van der Waals surface area contributed by atoms with E-state index < -0.39 is 4.92 Å². The fourth-order valence-electron chi connectivity index (χ4n) is 2.82. The molecule has 1 heterocycles. The van der Waals surface area contributed by atoms with E-state index in [0.29, 0.717) is 18.5 Å². The molecule has 2 N–H and O–H groups in total. The van der Waals surface area contributed by atoms with Crippen molar-refractivity contribution in [1.82, 2.24) is 9.97 Å². The quantitative estimate of drug-likeness (QED) is 0.665. The van der Waals surface area contributed by atoms with Crippen molar-refractivity contribution < 1.29 is 9.72 Å². The van der Waals surface area contributed by atoms with Gasteiger partial charge in [0.1, 0.15) is 10.8 Å². The van der Waals surface area contributed by atoms with Gasteiger partial charge in [0.15, 0.2) is 0 Å². The molecule has 1 atom stereocenters. The Balaban J connectivity index is 1.73. The zero-order valence-electron chi connectivity index (χ0n) is 12.4. The Labute approximate surface area is 137 Å². The van der Waals surface area contributed by atoms with Gasteiger partial charge in [-0.1, -0.05) is 11.6 Å². The van der Waals surface area contributed by atoms with Crippen molar-refractivity contribution in [3.05, 3.63) is 50.5 Å². The van der Waals surface area contributed by atoms with Gasteiger partial charge >= 0.3 is 0 Å². The van der Waals surface area contributed by atoms with Crippen LogP contribution in [0.1, 0.15) is 23.6 Å². The average molecular weight is 335 g/mol. The number of rotatable bonds is 3. The highest BCUT2D eigenvalue weighted by Crippen LogP contribution is 2.29. The molecule has 1 amide bonds. The van der Waals surface area contributed by atoms with Crippen LogP contribution in [0.4, 0.5) is 11.4 Å². The number of H-pyrrole nitrogens is 1. The number of aromatic amines is 1. The van der Waals surface area contributed by atoms with E-state index in [2.05, 4.69) is 15.3 Å². The SMILES string of the molecule is Cc1nc2c([nH]1)CC(C(=O)Nc1ccc(Cl)c([N+](=O)[O-])c1)CC2. The summed E-state index contributed by atoms with van der Waals surface area (Å²) < 4.78 is 0. The topological polar surface area (TPSA) is 101 Å². The Kier molecular flexibility index (Phi) is 4.04. The molecular weight excluding hydrogens is 320 g/mol. The van der Waals surface area contributed by atoms with Crippen molar-refractivity contribution in [2.75, 3.05) is 5.32 Å². The Bertz CT molecular complexity index is 787. The minimum atomic E-state index is -0.571. The normalized spacial score (nSPS) is 16.7. The predicted octanol–water partition coefficient (Wildman–Crippen LogP) is 3.02. The van der Waals surface area contributed by atoms with Gasteiger partial charge in [0.05, 0.1) is 10.6 Å². The number of anilines is 1. The van der Waals surface area contributed by atoms with Crippen LogP contribution in [0, 0.1) is 23.0 Å². The first-order chi connectivity index (χ1) is 10.9. The minimum Gasteiger partial charge on any atom is -0.346 e. The fraction of sp³-hybridized carbons (Fsp3) is 0.333. The number of carbonyl (C=O) groups excluding carboxylic acids is 1. The molecule has 0 bridgehead atoms. The smallest absolute Gasteiger partial charge is 0.289 e. The van der Waals surface area contributed by atoms with Gasteiger partial charge < -0.3 is 10.3 Å². The average Bonchev–Trinajstić information content (AvgIpc) is 2.87. The zero-order chi connectivity index (χ0) is 16.6. The van der Waals surface area contributed by atoms with Crippen LogP contribution in [0.25, 0.3) is 0 Å². The molecule has 1 unspecified atom stereocenters. The summed E-state index contributed by atoms with van der Waals surface area (Å²) in [6.45, 7) is 1.89. The summed E-state index contributed by atoms with van der Waals surface area (Å²) in [5.41, 5.74) is 2.17. The number of aryl methyl sites for hydroxylation is 2. The van der Waals surface area contributed by atoms with Gasteiger partial charge in [0.2, 0.25) is 5.91 Å². The Morgan fingerprint density at radius 1 is 1.52 bits per heavy atom. The van der Waals surface area contributed by atoms with Crippen LogP contribution in [-0.4, -0.2) is 20.8 Å². The maximum absolute atomic E-state index is 12.4. The van der Waals surface area contributed by atoms with E-state index >= 15 is 0 Å². The molecule has 1 aliphatic rings. The Hall–Kier alpha value is -2.41. The third kappa shape index (κ3) is 3.19. The van der Waals surface area contributed by atoms with Gasteiger partial charge in [-0.05, 0) is 31.9 Å². The Morgan fingerprint density at radius 3 is 3.04 bits per heavy atom. The van der Waals surface area contributed by atoms with E-state index in [1.54, 1.807) is 6.07 Å². The molecule has 3 rings (SSSR count). The highest BCUT2D eigenvalue weighted by atomic mass is 35.5. The molecule has 0 aliphatic heterocycles. The molecule has 120 valence electrons. The monoisotopic (exact) mass is 334 g/mol. The van der Waals surface area contributed by atoms with Crippen molar-refractivity contribution >= 4 is 28.9 Å². The van der Waals surface area contributed by atoms with Gasteiger partial charge in [-0.3, -0.25) is 14.9 Å². The van der Waals surface area contributed by atoms with Crippen LogP contribution in [0.5, 0.6) is 0 Å². The van der Waals surface area contributed by atoms with Gasteiger partial charge in [0.25, 0.3) is 5.69 Å². The third-order valence-corrected chi connectivity index (χ3v) is 4.26. The van der Waals surface area contributed by atoms with Crippen LogP contribution in [-0.2, 0) is 17.6 Å². The first kappa shape index (κ1) is 15.5.